The Kier molecular flexibility index (Phi) is 7.80. The van der Waals surface area contributed by atoms with Gasteiger partial charge < -0.3 is 20.0 Å². The van der Waals surface area contributed by atoms with Crippen LogP contribution in [-0.4, -0.2) is 87.7 Å². The first kappa shape index (κ1) is 27.6. The molecule has 4 heterocycles. The van der Waals surface area contributed by atoms with Gasteiger partial charge in [0.15, 0.2) is 0 Å². The maximum atomic E-state index is 13.3. The number of anilines is 2. The highest BCUT2D eigenvalue weighted by Gasteiger charge is 2.38. The van der Waals surface area contributed by atoms with Crippen LogP contribution in [0.2, 0.25) is 0 Å². The van der Waals surface area contributed by atoms with Gasteiger partial charge >= 0.3 is 12.4 Å². The summed E-state index contributed by atoms with van der Waals surface area (Å²) in [4.78, 5) is 37.7. The number of nitrogens with zero attached hydrogens (tertiary/aromatic N) is 6. The van der Waals surface area contributed by atoms with Gasteiger partial charge in [0.25, 0.3) is 5.56 Å². The van der Waals surface area contributed by atoms with Crippen LogP contribution in [0.25, 0.3) is 0 Å². The van der Waals surface area contributed by atoms with E-state index >= 15 is 0 Å². The van der Waals surface area contributed by atoms with E-state index in [1.54, 1.807) is 21.8 Å². The Morgan fingerprint density at radius 1 is 1.05 bits per heavy atom. The molecule has 0 aliphatic carbocycles. The molecule has 208 valence electrons. The summed E-state index contributed by atoms with van der Waals surface area (Å²) in [7, 11) is 0. The van der Waals surface area contributed by atoms with Gasteiger partial charge in [0, 0.05) is 57.7 Å². The van der Waals surface area contributed by atoms with Crippen LogP contribution in [-0.2, 0) is 17.1 Å². The first-order chi connectivity index (χ1) is 17.8. The number of likely N-dealkylation sites (tertiary alicyclic amines) is 1. The Bertz CT molecular complexity index is 1180. The summed E-state index contributed by atoms with van der Waals surface area (Å²) in [6.45, 7) is 4.54. The molecule has 2 saturated heterocycles. The van der Waals surface area contributed by atoms with Crippen molar-refractivity contribution < 1.29 is 31.1 Å². The van der Waals surface area contributed by atoms with E-state index in [0.29, 0.717) is 52.2 Å². The first-order valence-electron chi connectivity index (χ1n) is 11.9. The van der Waals surface area contributed by atoms with Crippen LogP contribution in [0.1, 0.15) is 24.5 Å². The van der Waals surface area contributed by atoms with E-state index in [9.17, 15) is 35.9 Å². The molecule has 2 aromatic heterocycles. The second-order valence-corrected chi connectivity index (χ2v) is 9.36. The minimum Gasteiger partial charge on any atom is -0.379 e. The molecular weight excluding hydrogens is 522 g/mol. The maximum absolute atomic E-state index is 13.3. The van der Waals surface area contributed by atoms with Crippen molar-refractivity contribution in [1.29, 1.82) is 0 Å². The third-order valence-electron chi connectivity index (χ3n) is 6.53. The summed E-state index contributed by atoms with van der Waals surface area (Å²) in [5, 5.41) is 7.95. The number of nitrogens with one attached hydrogen (secondary N) is 2. The number of H-pyrrole nitrogens is 1. The van der Waals surface area contributed by atoms with Crippen LogP contribution in [0.4, 0.5) is 38.0 Å². The topological polar surface area (TPSA) is 110 Å². The van der Waals surface area contributed by atoms with E-state index in [4.69, 9.17) is 0 Å². The maximum Gasteiger partial charge on any atom is 0.423 e. The number of hydrogen-bond acceptors (Lipinski definition) is 8. The van der Waals surface area contributed by atoms with E-state index in [1.807, 2.05) is 4.90 Å². The van der Waals surface area contributed by atoms with Crippen molar-refractivity contribution in [2.24, 2.45) is 5.92 Å². The lowest BCUT2D eigenvalue weighted by Gasteiger charge is -2.36. The lowest BCUT2D eigenvalue weighted by atomic mass is 10.1. The lowest BCUT2D eigenvalue weighted by Crippen LogP contribution is -2.51. The number of alkyl halides is 6. The molecule has 16 heteroatoms. The molecule has 4 rings (SSSR count). The molecule has 2 aromatic rings. The van der Waals surface area contributed by atoms with Gasteiger partial charge in [-0.15, -0.1) is 0 Å². The molecular formula is C22H26F6N8O2. The summed E-state index contributed by atoms with van der Waals surface area (Å²) in [5.41, 5.74) is -4.00. The van der Waals surface area contributed by atoms with Crippen molar-refractivity contribution >= 4 is 17.5 Å². The Balaban J connectivity index is 1.27. The predicted molar refractivity (Wildman–Crippen MR) is 123 cm³/mol. The number of carbonyl (C=O) groups is 1. The van der Waals surface area contributed by atoms with Crippen molar-refractivity contribution in [3.05, 3.63) is 40.1 Å². The van der Waals surface area contributed by atoms with Crippen LogP contribution in [0.3, 0.4) is 0 Å². The van der Waals surface area contributed by atoms with Gasteiger partial charge in [-0.3, -0.25) is 9.59 Å². The van der Waals surface area contributed by atoms with Crippen molar-refractivity contribution in [3.8, 4) is 0 Å². The van der Waals surface area contributed by atoms with Crippen molar-refractivity contribution in [3.63, 3.8) is 0 Å². The molecule has 0 unspecified atom stereocenters. The monoisotopic (exact) mass is 548 g/mol. The number of hydrogen-bond donors (Lipinski definition) is 2. The Hall–Kier alpha value is -3.43. The normalized spacial score (nSPS) is 20.0. The Labute approximate surface area is 213 Å². The quantitative estimate of drug-likeness (QED) is 0.529. The van der Waals surface area contributed by atoms with E-state index in [2.05, 4.69) is 20.4 Å². The molecule has 2 N–H and O–H groups in total. The number of halogens is 6. The van der Waals surface area contributed by atoms with Gasteiger partial charge in [-0.25, -0.2) is 15.1 Å². The molecule has 2 atom stereocenters. The fourth-order valence-electron chi connectivity index (χ4n) is 4.70. The summed E-state index contributed by atoms with van der Waals surface area (Å²) in [6, 6.07) is -0.458. The second kappa shape index (κ2) is 10.7. The SMILES string of the molecule is C[C@@H](CN1CC[C@H](C(=O)N2CCN(c3ncc(C(F)(F)F)cn3)CC2)C1)Nc1cn[nH]c(=O)c1C(F)(F)F. The molecule has 2 fully saturated rings. The van der Waals surface area contributed by atoms with E-state index in [0.717, 1.165) is 18.6 Å². The fourth-order valence-corrected chi connectivity index (χ4v) is 4.70. The van der Waals surface area contributed by atoms with Crippen molar-refractivity contribution in [2.45, 2.75) is 31.7 Å². The molecule has 0 bridgehead atoms. The molecule has 38 heavy (non-hydrogen) atoms. The molecule has 0 aromatic carbocycles. The third-order valence-corrected chi connectivity index (χ3v) is 6.53. The van der Waals surface area contributed by atoms with Crippen LogP contribution < -0.4 is 15.8 Å². The minimum atomic E-state index is -4.84. The van der Waals surface area contributed by atoms with E-state index < -0.39 is 40.8 Å². The number of aromatic nitrogens is 4. The first-order valence-corrected chi connectivity index (χ1v) is 11.9. The highest BCUT2D eigenvalue weighted by atomic mass is 19.4. The van der Waals surface area contributed by atoms with Gasteiger partial charge in [0.1, 0.15) is 5.56 Å². The fraction of sp³-hybridized carbons (Fsp3) is 0.591. The van der Waals surface area contributed by atoms with Crippen LogP contribution in [0, 0.1) is 5.92 Å². The zero-order valence-corrected chi connectivity index (χ0v) is 20.3. The molecule has 0 spiro atoms. The van der Waals surface area contributed by atoms with Gasteiger partial charge in [0.05, 0.1) is 23.4 Å². The van der Waals surface area contributed by atoms with Gasteiger partial charge in [-0.05, 0) is 19.9 Å². The molecule has 2 aliphatic rings. The number of amides is 1. The standard InChI is InChI=1S/C22H26F6N8O2/c1-13(32-16-10-31-33-18(37)17(16)22(26,27)28)11-34-3-2-14(12-34)19(38)35-4-6-36(7-5-35)20-29-8-15(9-30-20)21(23,24)25/h8-10,13-14H,2-7,11-12H2,1H3,(H2,32,33,37)/t13-,14-/m0/s1. The number of piperazine rings is 1. The van der Waals surface area contributed by atoms with Gasteiger partial charge in [0.2, 0.25) is 11.9 Å². The number of aromatic amines is 1. The molecule has 10 nitrogen and oxygen atoms in total. The van der Waals surface area contributed by atoms with Crippen LogP contribution in [0.15, 0.2) is 23.4 Å². The van der Waals surface area contributed by atoms with Crippen LogP contribution >= 0.6 is 0 Å². The average Bonchev–Trinajstić information content (AvgIpc) is 3.30. The highest BCUT2D eigenvalue weighted by molar-refractivity contribution is 5.79. The molecule has 0 saturated carbocycles. The summed E-state index contributed by atoms with van der Waals surface area (Å²) in [6.07, 6.45) is -6.37. The van der Waals surface area contributed by atoms with Crippen molar-refractivity contribution in [1.82, 2.24) is 30.0 Å². The van der Waals surface area contributed by atoms with E-state index in [1.165, 1.54) is 0 Å². The third kappa shape index (κ3) is 6.34. The zero-order chi connectivity index (χ0) is 27.7. The predicted octanol–water partition coefficient (Wildman–Crippen LogP) is 2.07. The number of rotatable bonds is 6. The van der Waals surface area contributed by atoms with Gasteiger partial charge in [-0.1, -0.05) is 0 Å². The van der Waals surface area contributed by atoms with E-state index in [-0.39, 0.29) is 17.8 Å². The number of carbonyl (C=O) groups excluding carboxylic acids is 1. The summed E-state index contributed by atoms with van der Waals surface area (Å²) < 4.78 is 78.0. The molecule has 2 aliphatic heterocycles. The Morgan fingerprint density at radius 3 is 2.32 bits per heavy atom. The summed E-state index contributed by atoms with van der Waals surface area (Å²) in [5.74, 6) is -0.148. The van der Waals surface area contributed by atoms with Gasteiger partial charge in [-0.2, -0.15) is 31.4 Å². The molecule has 0 radical (unpaired) electrons. The minimum absolute atomic E-state index is 0.0424. The Morgan fingerprint density at radius 2 is 1.71 bits per heavy atom. The molecule has 1 amide bonds. The second-order valence-electron chi connectivity index (χ2n) is 9.36. The average molecular weight is 548 g/mol. The summed E-state index contributed by atoms with van der Waals surface area (Å²) >= 11 is 0. The zero-order valence-electron chi connectivity index (χ0n) is 20.3. The van der Waals surface area contributed by atoms with Crippen LogP contribution in [0.5, 0.6) is 0 Å². The highest BCUT2D eigenvalue weighted by Crippen LogP contribution is 2.32. The lowest BCUT2D eigenvalue weighted by molar-refractivity contribution is -0.139. The smallest absolute Gasteiger partial charge is 0.379 e. The largest absolute Gasteiger partial charge is 0.423 e. The van der Waals surface area contributed by atoms with Crippen molar-refractivity contribution in [2.75, 3.05) is 56.0 Å².